The summed E-state index contributed by atoms with van der Waals surface area (Å²) in [6, 6.07) is 0. The summed E-state index contributed by atoms with van der Waals surface area (Å²) in [5, 5.41) is 0. The van der Waals surface area contributed by atoms with Crippen molar-refractivity contribution in [3.8, 4) is 0 Å². The molecule has 0 aromatic rings. The molecule has 0 heterocycles. The second-order valence-electron chi connectivity index (χ2n) is 4.92. The monoisotopic (exact) mass is 162 g/mol. The van der Waals surface area contributed by atoms with Gasteiger partial charge in [0.1, 0.15) is 0 Å². The van der Waals surface area contributed by atoms with Crippen LogP contribution in [-0.2, 0) is 0 Å². The second kappa shape index (κ2) is 3.05. The fourth-order valence-electron chi connectivity index (χ4n) is 3.18. The summed E-state index contributed by atoms with van der Waals surface area (Å²) in [6.07, 6.45) is 4.54. The van der Waals surface area contributed by atoms with Crippen LogP contribution >= 0.6 is 0 Å². The molecule has 3 aliphatic rings. The molecule has 0 spiro atoms. The van der Waals surface area contributed by atoms with Gasteiger partial charge in [0, 0.05) is 0 Å². The van der Waals surface area contributed by atoms with E-state index in [2.05, 4.69) is 20.8 Å². The zero-order chi connectivity index (χ0) is 7.35. The molecule has 0 N–H and O–H groups in total. The van der Waals surface area contributed by atoms with E-state index in [0.717, 1.165) is 17.8 Å². The SMILES string of the molecule is CC1CCC2CC1C2(C)C.[NaH]. The average molecular weight is 162 g/mol. The van der Waals surface area contributed by atoms with Crippen LogP contribution in [0.3, 0.4) is 0 Å². The molecule has 60 valence electrons. The van der Waals surface area contributed by atoms with Crippen molar-refractivity contribution in [3.05, 3.63) is 0 Å². The molecular weight excluding hydrogens is 143 g/mol. The maximum atomic E-state index is 2.46. The molecule has 0 aromatic carbocycles. The van der Waals surface area contributed by atoms with E-state index in [1.807, 2.05) is 0 Å². The van der Waals surface area contributed by atoms with Crippen LogP contribution in [0.5, 0.6) is 0 Å². The van der Waals surface area contributed by atoms with E-state index in [-0.39, 0.29) is 29.6 Å². The third kappa shape index (κ3) is 1.32. The summed E-state index contributed by atoms with van der Waals surface area (Å²) >= 11 is 0. The van der Waals surface area contributed by atoms with Crippen molar-refractivity contribution in [3.63, 3.8) is 0 Å². The van der Waals surface area contributed by atoms with Crippen molar-refractivity contribution in [1.82, 2.24) is 0 Å². The minimum absolute atomic E-state index is 0. The van der Waals surface area contributed by atoms with Gasteiger partial charge in [-0.2, -0.15) is 0 Å². The Kier molecular flexibility index (Phi) is 2.79. The molecule has 0 aromatic heterocycles. The minimum atomic E-state index is 0. The van der Waals surface area contributed by atoms with Crippen molar-refractivity contribution in [2.24, 2.45) is 23.2 Å². The Labute approximate surface area is 92.4 Å². The molecule has 0 saturated heterocycles. The van der Waals surface area contributed by atoms with Gasteiger partial charge in [-0.15, -0.1) is 0 Å². The number of fused-ring (bicyclic) bond motifs is 2. The molecule has 3 unspecified atom stereocenters. The Bertz CT molecular complexity index is 149. The molecule has 2 bridgehead atoms. The molecule has 11 heavy (non-hydrogen) atoms. The molecular formula is C10H19Na. The predicted octanol–water partition coefficient (Wildman–Crippen LogP) is 2.43. The average Bonchev–Trinajstić information content (AvgIpc) is 1.87. The van der Waals surface area contributed by atoms with Gasteiger partial charge in [0.05, 0.1) is 0 Å². The first-order valence-corrected chi connectivity index (χ1v) is 4.62. The van der Waals surface area contributed by atoms with Crippen LogP contribution in [0, 0.1) is 23.2 Å². The summed E-state index contributed by atoms with van der Waals surface area (Å²) in [7, 11) is 0. The van der Waals surface area contributed by atoms with Crippen LogP contribution in [0.15, 0.2) is 0 Å². The van der Waals surface area contributed by atoms with E-state index < -0.39 is 0 Å². The maximum absolute atomic E-state index is 2.46. The molecule has 0 radical (unpaired) electrons. The molecule has 3 rings (SSSR count). The quantitative estimate of drug-likeness (QED) is 0.480. The van der Waals surface area contributed by atoms with Gasteiger partial charge in [-0.05, 0) is 36.0 Å². The van der Waals surface area contributed by atoms with Crippen molar-refractivity contribution in [1.29, 1.82) is 0 Å². The Hall–Kier alpha value is 1.00. The van der Waals surface area contributed by atoms with Gasteiger partial charge in [0.15, 0.2) is 0 Å². The van der Waals surface area contributed by atoms with E-state index in [1.165, 1.54) is 19.3 Å². The molecule has 0 amide bonds. The van der Waals surface area contributed by atoms with Gasteiger partial charge in [-0.3, -0.25) is 0 Å². The summed E-state index contributed by atoms with van der Waals surface area (Å²) in [6.45, 7) is 7.35. The molecule has 3 saturated carbocycles. The van der Waals surface area contributed by atoms with E-state index in [9.17, 15) is 0 Å². The van der Waals surface area contributed by atoms with Gasteiger partial charge in [-0.25, -0.2) is 0 Å². The molecule has 1 heteroatoms. The first-order valence-electron chi connectivity index (χ1n) is 4.62. The third-order valence-corrected chi connectivity index (χ3v) is 4.20. The molecule has 0 aliphatic heterocycles. The van der Waals surface area contributed by atoms with Gasteiger partial charge in [-0.1, -0.05) is 27.2 Å². The standard InChI is InChI=1S/C10H18.Na.H/c1-7-4-5-8-6-9(7)10(8,2)3;;/h7-9H,4-6H2,1-3H3;;. The van der Waals surface area contributed by atoms with E-state index in [0.29, 0.717) is 5.41 Å². The van der Waals surface area contributed by atoms with Gasteiger partial charge >= 0.3 is 29.6 Å². The third-order valence-electron chi connectivity index (χ3n) is 4.20. The fourth-order valence-corrected chi connectivity index (χ4v) is 3.18. The van der Waals surface area contributed by atoms with E-state index in [1.54, 1.807) is 0 Å². The summed E-state index contributed by atoms with van der Waals surface area (Å²) in [4.78, 5) is 0. The number of rotatable bonds is 0. The van der Waals surface area contributed by atoms with Gasteiger partial charge < -0.3 is 0 Å². The second-order valence-corrected chi connectivity index (χ2v) is 4.92. The topological polar surface area (TPSA) is 0 Å². The predicted molar refractivity (Wildman–Crippen MR) is 50.9 cm³/mol. The van der Waals surface area contributed by atoms with Crippen LogP contribution in [0.1, 0.15) is 40.0 Å². The van der Waals surface area contributed by atoms with Crippen molar-refractivity contribution >= 4 is 29.6 Å². The van der Waals surface area contributed by atoms with Crippen LogP contribution in [0.4, 0.5) is 0 Å². The normalized spacial score (nSPS) is 45.5. The van der Waals surface area contributed by atoms with Crippen LogP contribution < -0.4 is 0 Å². The number of hydrogen-bond donors (Lipinski definition) is 0. The zero-order valence-electron chi connectivity index (χ0n) is 7.35. The Morgan fingerprint density at radius 1 is 1.18 bits per heavy atom. The first kappa shape index (κ1) is 10.1. The fraction of sp³-hybridized carbons (Fsp3) is 1.00. The van der Waals surface area contributed by atoms with Crippen molar-refractivity contribution in [2.45, 2.75) is 40.0 Å². The summed E-state index contributed by atoms with van der Waals surface area (Å²) in [5.41, 5.74) is 0.706. The van der Waals surface area contributed by atoms with Gasteiger partial charge in [0.2, 0.25) is 0 Å². The Morgan fingerprint density at radius 3 is 2.09 bits per heavy atom. The molecule has 3 fully saturated rings. The van der Waals surface area contributed by atoms with E-state index in [4.69, 9.17) is 0 Å². The molecule has 0 nitrogen and oxygen atoms in total. The van der Waals surface area contributed by atoms with Crippen molar-refractivity contribution < 1.29 is 0 Å². The Morgan fingerprint density at radius 2 is 1.82 bits per heavy atom. The summed E-state index contributed by atoms with van der Waals surface area (Å²) < 4.78 is 0. The van der Waals surface area contributed by atoms with E-state index >= 15 is 0 Å². The number of hydrogen-bond acceptors (Lipinski definition) is 0. The van der Waals surface area contributed by atoms with Gasteiger partial charge in [0.25, 0.3) is 0 Å². The Balaban J connectivity index is 0.000000605. The van der Waals surface area contributed by atoms with Crippen LogP contribution in [-0.4, -0.2) is 29.6 Å². The van der Waals surface area contributed by atoms with Crippen LogP contribution in [0.2, 0.25) is 0 Å². The van der Waals surface area contributed by atoms with Crippen molar-refractivity contribution in [2.75, 3.05) is 0 Å². The first-order chi connectivity index (χ1) is 4.62. The molecule has 3 aliphatic carbocycles. The van der Waals surface area contributed by atoms with Crippen LogP contribution in [0.25, 0.3) is 0 Å². The summed E-state index contributed by atoms with van der Waals surface area (Å²) in [5.74, 6) is 3.15. The zero-order valence-corrected chi connectivity index (χ0v) is 7.35. The molecule has 3 atom stereocenters.